The number of nitrogens with one attached hydrogen (secondary N) is 1. The highest BCUT2D eigenvalue weighted by molar-refractivity contribution is 7.81. The molecule has 1 N–H and O–H groups in total. The van der Waals surface area contributed by atoms with Crippen molar-refractivity contribution in [3.05, 3.63) is 0 Å². The number of hydrogen-bond acceptors (Lipinski definition) is 3. The highest BCUT2D eigenvalue weighted by Gasteiger charge is 2.18. The Kier molecular flexibility index (Phi) is 4.75. The van der Waals surface area contributed by atoms with Gasteiger partial charge in [-0.25, -0.2) is 0 Å². The Morgan fingerprint density at radius 1 is 1.43 bits per heavy atom. The molecule has 82 valence electrons. The van der Waals surface area contributed by atoms with Crippen LogP contribution in [0.1, 0.15) is 26.7 Å². The van der Waals surface area contributed by atoms with Crippen LogP contribution >= 0.6 is 12.6 Å². The smallest absolute Gasteiger partial charge is 0.232 e. The second-order valence-corrected chi connectivity index (χ2v) is 4.79. The molecule has 1 aliphatic rings. The van der Waals surface area contributed by atoms with Gasteiger partial charge in [0, 0.05) is 12.6 Å². The van der Waals surface area contributed by atoms with Gasteiger partial charge in [0.2, 0.25) is 5.91 Å². The molecule has 3 nitrogen and oxygen atoms in total. The fraction of sp³-hybridized carbons (Fsp3) is 0.900. The zero-order valence-electron chi connectivity index (χ0n) is 8.99. The third kappa shape index (κ3) is 3.50. The van der Waals surface area contributed by atoms with Crippen molar-refractivity contribution < 1.29 is 4.79 Å². The molecule has 0 bridgehead atoms. The molecular formula is C10H20N2OS. The predicted octanol–water partition coefficient (Wildman–Crippen LogP) is 0.905. The van der Waals surface area contributed by atoms with Crippen molar-refractivity contribution in [1.82, 2.24) is 10.2 Å². The van der Waals surface area contributed by atoms with E-state index in [0.29, 0.717) is 6.04 Å². The van der Waals surface area contributed by atoms with Gasteiger partial charge >= 0.3 is 0 Å². The van der Waals surface area contributed by atoms with E-state index in [9.17, 15) is 4.79 Å². The minimum absolute atomic E-state index is 0.0272. The Labute approximate surface area is 91.6 Å². The number of amides is 1. The van der Waals surface area contributed by atoms with Crippen LogP contribution in [-0.2, 0) is 4.79 Å². The number of carbonyl (C=O) groups excluding carboxylic acids is 1. The summed E-state index contributed by atoms with van der Waals surface area (Å²) in [5, 5.41) is 2.69. The van der Waals surface area contributed by atoms with Crippen molar-refractivity contribution in [2.75, 3.05) is 19.6 Å². The topological polar surface area (TPSA) is 32.3 Å². The normalized spacial score (nSPS) is 21.9. The van der Waals surface area contributed by atoms with Crippen molar-refractivity contribution in [1.29, 1.82) is 0 Å². The molecular weight excluding hydrogens is 196 g/mol. The molecule has 2 unspecified atom stereocenters. The van der Waals surface area contributed by atoms with Gasteiger partial charge in [-0.3, -0.25) is 9.69 Å². The van der Waals surface area contributed by atoms with Crippen molar-refractivity contribution >= 4 is 18.5 Å². The van der Waals surface area contributed by atoms with Crippen LogP contribution in [-0.4, -0.2) is 41.7 Å². The van der Waals surface area contributed by atoms with Crippen LogP contribution in [0.25, 0.3) is 0 Å². The molecule has 0 aromatic carbocycles. The van der Waals surface area contributed by atoms with Gasteiger partial charge in [-0.15, -0.1) is 0 Å². The molecule has 0 aromatic heterocycles. The van der Waals surface area contributed by atoms with Gasteiger partial charge in [-0.2, -0.15) is 12.6 Å². The maximum atomic E-state index is 11.3. The van der Waals surface area contributed by atoms with Gasteiger partial charge in [0.15, 0.2) is 0 Å². The average Bonchev–Trinajstić information content (AvgIpc) is 2.66. The van der Waals surface area contributed by atoms with E-state index in [0.717, 1.165) is 6.54 Å². The standard InChI is InChI=1S/C10H20N2OS/c1-8(12-5-3-4-6-12)7-11-10(13)9(2)14/h8-9,14H,3-7H2,1-2H3,(H,11,13). The summed E-state index contributed by atoms with van der Waals surface area (Å²) in [5.41, 5.74) is 0. The van der Waals surface area contributed by atoms with Gasteiger partial charge in [-0.1, -0.05) is 0 Å². The minimum atomic E-state index is -0.208. The van der Waals surface area contributed by atoms with Gasteiger partial charge in [-0.05, 0) is 39.8 Å². The quantitative estimate of drug-likeness (QED) is 0.685. The molecule has 14 heavy (non-hydrogen) atoms. The number of likely N-dealkylation sites (tertiary alicyclic amines) is 1. The number of thiol groups is 1. The summed E-state index contributed by atoms with van der Waals surface area (Å²) in [4.78, 5) is 13.7. The third-order valence-corrected chi connectivity index (χ3v) is 2.95. The second-order valence-electron chi connectivity index (χ2n) is 4.01. The molecule has 0 saturated carbocycles. The average molecular weight is 216 g/mol. The van der Waals surface area contributed by atoms with Crippen molar-refractivity contribution in [2.45, 2.75) is 38.0 Å². The Bertz CT molecular complexity index is 191. The van der Waals surface area contributed by atoms with Crippen molar-refractivity contribution in [3.63, 3.8) is 0 Å². The van der Waals surface area contributed by atoms with E-state index >= 15 is 0 Å². The van der Waals surface area contributed by atoms with E-state index in [1.807, 2.05) is 0 Å². The Morgan fingerprint density at radius 2 is 2.00 bits per heavy atom. The fourth-order valence-electron chi connectivity index (χ4n) is 1.71. The summed E-state index contributed by atoms with van der Waals surface area (Å²) in [7, 11) is 0. The van der Waals surface area contributed by atoms with Crippen LogP contribution in [0.2, 0.25) is 0 Å². The molecule has 1 saturated heterocycles. The van der Waals surface area contributed by atoms with E-state index in [4.69, 9.17) is 0 Å². The highest BCUT2D eigenvalue weighted by Crippen LogP contribution is 2.10. The second kappa shape index (κ2) is 5.61. The Hall–Kier alpha value is -0.220. The molecule has 1 amide bonds. The first-order valence-electron chi connectivity index (χ1n) is 5.31. The highest BCUT2D eigenvalue weighted by atomic mass is 32.1. The number of rotatable bonds is 4. The Morgan fingerprint density at radius 3 is 2.50 bits per heavy atom. The van der Waals surface area contributed by atoms with E-state index in [2.05, 4.69) is 29.8 Å². The van der Waals surface area contributed by atoms with Gasteiger partial charge in [0.1, 0.15) is 0 Å². The van der Waals surface area contributed by atoms with Crippen LogP contribution in [0.3, 0.4) is 0 Å². The Balaban J connectivity index is 2.20. The van der Waals surface area contributed by atoms with Gasteiger partial charge < -0.3 is 5.32 Å². The fourth-order valence-corrected chi connectivity index (χ4v) is 1.80. The first-order chi connectivity index (χ1) is 6.61. The summed E-state index contributed by atoms with van der Waals surface area (Å²) in [6.45, 7) is 7.04. The lowest BCUT2D eigenvalue weighted by molar-refractivity contribution is -0.120. The molecule has 0 spiro atoms. The zero-order valence-corrected chi connectivity index (χ0v) is 9.89. The molecule has 0 aromatic rings. The monoisotopic (exact) mass is 216 g/mol. The van der Waals surface area contributed by atoms with Crippen LogP contribution in [0, 0.1) is 0 Å². The predicted molar refractivity (Wildman–Crippen MR) is 61.7 cm³/mol. The van der Waals surface area contributed by atoms with E-state index in [-0.39, 0.29) is 11.2 Å². The van der Waals surface area contributed by atoms with E-state index in [1.165, 1.54) is 25.9 Å². The lowest BCUT2D eigenvalue weighted by Crippen LogP contribution is -2.42. The van der Waals surface area contributed by atoms with E-state index < -0.39 is 0 Å². The molecule has 1 heterocycles. The van der Waals surface area contributed by atoms with Gasteiger partial charge in [0.05, 0.1) is 5.25 Å². The summed E-state index contributed by atoms with van der Waals surface area (Å²) < 4.78 is 0. The summed E-state index contributed by atoms with van der Waals surface area (Å²) in [5.74, 6) is 0.0272. The van der Waals surface area contributed by atoms with Crippen molar-refractivity contribution in [3.8, 4) is 0 Å². The molecule has 1 rings (SSSR count). The molecule has 0 aliphatic carbocycles. The minimum Gasteiger partial charge on any atom is -0.354 e. The molecule has 1 fully saturated rings. The van der Waals surface area contributed by atoms with Gasteiger partial charge in [0.25, 0.3) is 0 Å². The summed E-state index contributed by atoms with van der Waals surface area (Å²) in [6, 6.07) is 0.452. The molecule has 4 heteroatoms. The lowest BCUT2D eigenvalue weighted by Gasteiger charge is -2.24. The summed E-state index contributed by atoms with van der Waals surface area (Å²) in [6.07, 6.45) is 2.59. The summed E-state index contributed by atoms with van der Waals surface area (Å²) >= 11 is 4.08. The zero-order chi connectivity index (χ0) is 10.6. The maximum absolute atomic E-state index is 11.3. The van der Waals surface area contributed by atoms with E-state index in [1.54, 1.807) is 6.92 Å². The molecule has 1 aliphatic heterocycles. The first kappa shape index (κ1) is 11.9. The third-order valence-electron chi connectivity index (χ3n) is 2.72. The molecule has 0 radical (unpaired) electrons. The first-order valence-corrected chi connectivity index (χ1v) is 5.82. The SMILES string of the molecule is CC(S)C(=O)NCC(C)N1CCCC1. The largest absolute Gasteiger partial charge is 0.354 e. The van der Waals surface area contributed by atoms with Crippen LogP contribution in [0.15, 0.2) is 0 Å². The van der Waals surface area contributed by atoms with Crippen LogP contribution < -0.4 is 5.32 Å². The van der Waals surface area contributed by atoms with Crippen LogP contribution in [0.4, 0.5) is 0 Å². The number of carbonyl (C=O) groups is 1. The number of hydrogen-bond donors (Lipinski definition) is 2. The molecule has 2 atom stereocenters. The van der Waals surface area contributed by atoms with Crippen molar-refractivity contribution in [2.24, 2.45) is 0 Å². The van der Waals surface area contributed by atoms with Crippen LogP contribution in [0.5, 0.6) is 0 Å². The number of nitrogens with zero attached hydrogens (tertiary/aromatic N) is 1. The lowest BCUT2D eigenvalue weighted by atomic mass is 10.3. The maximum Gasteiger partial charge on any atom is 0.232 e.